The Hall–Kier alpha value is -2.36. The fourth-order valence-electron chi connectivity index (χ4n) is 1.46. The van der Waals surface area contributed by atoms with E-state index in [1.54, 1.807) is 18.2 Å². The van der Waals surface area contributed by atoms with Crippen LogP contribution in [0.3, 0.4) is 0 Å². The maximum atomic E-state index is 10.0. The largest absolute Gasteiger partial charge is 0.478 e. The number of hydrogen-bond acceptors (Lipinski definition) is 2. The molecule has 0 fully saturated rings. The lowest BCUT2D eigenvalue weighted by Gasteiger charge is -1.89. The number of carboxylic acid groups (broad SMARTS) is 2. The molecule has 0 aliphatic heterocycles. The topological polar surface area (TPSA) is 74.6 Å². The molecule has 0 atom stereocenters. The van der Waals surface area contributed by atoms with Crippen molar-refractivity contribution in [1.82, 2.24) is 0 Å². The Morgan fingerprint density at radius 1 is 0.750 bits per heavy atom. The fraction of sp³-hybridized carbons (Fsp3) is 0.400. The molecule has 134 valence electrons. The zero-order chi connectivity index (χ0) is 18.5. The molecule has 0 amide bonds. The van der Waals surface area contributed by atoms with Crippen molar-refractivity contribution in [3.05, 3.63) is 60.8 Å². The Morgan fingerprint density at radius 2 is 1.33 bits per heavy atom. The summed E-state index contributed by atoms with van der Waals surface area (Å²) >= 11 is 0. The molecule has 0 rings (SSSR count). The molecule has 0 bridgehead atoms. The molecule has 0 saturated heterocycles. The Balaban J connectivity index is 0. The first-order valence-corrected chi connectivity index (χ1v) is 8.31. The predicted molar refractivity (Wildman–Crippen MR) is 100 cm³/mol. The van der Waals surface area contributed by atoms with E-state index in [4.69, 9.17) is 10.2 Å². The van der Waals surface area contributed by atoms with Crippen LogP contribution >= 0.6 is 0 Å². The molecule has 24 heavy (non-hydrogen) atoms. The quantitative estimate of drug-likeness (QED) is 0.232. The molecule has 0 aromatic rings. The molecular weight excluding hydrogens is 304 g/mol. The molecule has 4 nitrogen and oxygen atoms in total. The van der Waals surface area contributed by atoms with Gasteiger partial charge in [-0.25, -0.2) is 9.59 Å². The van der Waals surface area contributed by atoms with Gasteiger partial charge in [-0.15, -0.1) is 0 Å². The molecule has 0 saturated carbocycles. The van der Waals surface area contributed by atoms with E-state index in [0.29, 0.717) is 0 Å². The minimum absolute atomic E-state index is 0.859. The van der Waals surface area contributed by atoms with Crippen molar-refractivity contribution >= 4 is 11.9 Å². The normalized spacial score (nSPS) is 11.8. The van der Waals surface area contributed by atoms with Crippen LogP contribution in [0.1, 0.15) is 52.4 Å². The number of hydrogen-bond donors (Lipinski definition) is 2. The van der Waals surface area contributed by atoms with Gasteiger partial charge in [0.1, 0.15) is 0 Å². The first-order valence-electron chi connectivity index (χ1n) is 8.31. The predicted octanol–water partition coefficient (Wildman–Crippen LogP) is 5.30. The SMILES string of the molecule is CC/C=C\C/C=C\C=C\C(=O)O.CCCCC/C=C\C=C/C(=O)O. The van der Waals surface area contributed by atoms with E-state index in [9.17, 15) is 9.59 Å². The third-order valence-corrected chi connectivity index (χ3v) is 2.62. The maximum Gasteiger partial charge on any atom is 0.328 e. The van der Waals surface area contributed by atoms with Gasteiger partial charge in [0, 0.05) is 12.2 Å². The summed E-state index contributed by atoms with van der Waals surface area (Å²) < 4.78 is 0. The van der Waals surface area contributed by atoms with Gasteiger partial charge < -0.3 is 10.2 Å². The molecule has 0 heterocycles. The number of allylic oxidation sites excluding steroid dienone is 8. The van der Waals surface area contributed by atoms with E-state index in [-0.39, 0.29) is 0 Å². The summed E-state index contributed by atoms with van der Waals surface area (Å²) in [7, 11) is 0. The van der Waals surface area contributed by atoms with Crippen LogP contribution in [0, 0.1) is 0 Å². The van der Waals surface area contributed by atoms with Crippen molar-refractivity contribution in [2.45, 2.75) is 52.4 Å². The zero-order valence-electron chi connectivity index (χ0n) is 14.7. The highest BCUT2D eigenvalue weighted by Crippen LogP contribution is 1.99. The zero-order valence-corrected chi connectivity index (χ0v) is 14.7. The summed E-state index contributed by atoms with van der Waals surface area (Å²) in [6.45, 7) is 4.23. The fourth-order valence-corrected chi connectivity index (χ4v) is 1.46. The highest BCUT2D eigenvalue weighted by atomic mass is 16.4. The van der Waals surface area contributed by atoms with Gasteiger partial charge in [0.25, 0.3) is 0 Å². The number of carboxylic acids is 2. The second-order valence-corrected chi connectivity index (χ2v) is 4.86. The lowest BCUT2D eigenvalue weighted by atomic mass is 10.2. The van der Waals surface area contributed by atoms with Gasteiger partial charge in [-0.2, -0.15) is 0 Å². The minimum Gasteiger partial charge on any atom is -0.478 e. The second kappa shape index (κ2) is 20.6. The van der Waals surface area contributed by atoms with Crippen LogP contribution in [0.15, 0.2) is 60.8 Å². The van der Waals surface area contributed by atoms with Crippen molar-refractivity contribution in [3.8, 4) is 0 Å². The van der Waals surface area contributed by atoms with Gasteiger partial charge >= 0.3 is 11.9 Å². The average Bonchev–Trinajstić information content (AvgIpc) is 2.53. The van der Waals surface area contributed by atoms with Crippen LogP contribution in [0.5, 0.6) is 0 Å². The van der Waals surface area contributed by atoms with Crippen molar-refractivity contribution in [2.24, 2.45) is 0 Å². The monoisotopic (exact) mass is 334 g/mol. The van der Waals surface area contributed by atoms with Gasteiger partial charge in [-0.05, 0) is 25.7 Å². The highest BCUT2D eigenvalue weighted by Gasteiger charge is 1.82. The summed E-state index contributed by atoms with van der Waals surface area (Å²) in [6.07, 6.45) is 23.4. The molecule has 0 aromatic heterocycles. The van der Waals surface area contributed by atoms with Gasteiger partial charge in [0.2, 0.25) is 0 Å². The molecule has 0 aliphatic carbocycles. The first-order chi connectivity index (χ1) is 11.5. The van der Waals surface area contributed by atoms with E-state index in [2.05, 4.69) is 19.9 Å². The van der Waals surface area contributed by atoms with Crippen molar-refractivity contribution < 1.29 is 19.8 Å². The lowest BCUT2D eigenvalue weighted by Crippen LogP contribution is -1.84. The van der Waals surface area contributed by atoms with Crippen LogP contribution in [0.25, 0.3) is 0 Å². The summed E-state index contributed by atoms with van der Waals surface area (Å²) in [5, 5.41) is 16.5. The standard InChI is InChI=1S/C10H16O2.C10H14O2/c2*1-2-3-4-5-6-7-8-9-10(11)12/h6-9H,2-5H2,1H3,(H,11,12);3-4,6-9H,2,5H2,1H3,(H,11,12)/b7-6-,9-8-;4-3-,7-6-,9-8+. The lowest BCUT2D eigenvalue weighted by molar-refractivity contribution is -0.132. The van der Waals surface area contributed by atoms with Crippen LogP contribution in [0.4, 0.5) is 0 Å². The van der Waals surface area contributed by atoms with Gasteiger partial charge in [0.15, 0.2) is 0 Å². The van der Waals surface area contributed by atoms with Crippen molar-refractivity contribution in [1.29, 1.82) is 0 Å². The molecule has 0 radical (unpaired) electrons. The Bertz CT molecular complexity index is 454. The van der Waals surface area contributed by atoms with Crippen LogP contribution in [-0.4, -0.2) is 22.2 Å². The van der Waals surface area contributed by atoms with E-state index < -0.39 is 11.9 Å². The smallest absolute Gasteiger partial charge is 0.328 e. The van der Waals surface area contributed by atoms with E-state index in [1.807, 2.05) is 18.2 Å². The molecule has 2 N–H and O–H groups in total. The minimum atomic E-state index is -0.913. The Morgan fingerprint density at radius 3 is 1.83 bits per heavy atom. The summed E-state index contributed by atoms with van der Waals surface area (Å²) in [4.78, 5) is 20.0. The number of rotatable bonds is 11. The van der Waals surface area contributed by atoms with Crippen LogP contribution < -0.4 is 0 Å². The van der Waals surface area contributed by atoms with Gasteiger partial charge in [-0.3, -0.25) is 0 Å². The Labute approximate surface area is 145 Å². The number of unbranched alkanes of at least 4 members (excludes halogenated alkanes) is 3. The maximum absolute atomic E-state index is 10.0. The molecular formula is C20H30O4. The molecule has 4 heteroatoms. The van der Waals surface area contributed by atoms with E-state index >= 15 is 0 Å². The van der Waals surface area contributed by atoms with E-state index in [0.717, 1.165) is 31.4 Å². The third-order valence-electron chi connectivity index (χ3n) is 2.62. The van der Waals surface area contributed by atoms with Crippen LogP contribution in [0.2, 0.25) is 0 Å². The number of aliphatic carboxylic acids is 2. The van der Waals surface area contributed by atoms with Gasteiger partial charge in [0.05, 0.1) is 0 Å². The van der Waals surface area contributed by atoms with Crippen LogP contribution in [-0.2, 0) is 9.59 Å². The average molecular weight is 334 g/mol. The van der Waals surface area contributed by atoms with E-state index in [1.165, 1.54) is 25.3 Å². The molecule has 0 spiro atoms. The van der Waals surface area contributed by atoms with Crippen molar-refractivity contribution in [3.63, 3.8) is 0 Å². The molecule has 0 aliphatic rings. The molecule has 0 aromatic carbocycles. The summed E-state index contributed by atoms with van der Waals surface area (Å²) in [5.41, 5.74) is 0. The first kappa shape index (κ1) is 23.9. The summed E-state index contributed by atoms with van der Waals surface area (Å²) in [6, 6.07) is 0. The van der Waals surface area contributed by atoms with Gasteiger partial charge in [-0.1, -0.05) is 75.3 Å². The molecule has 0 unspecified atom stereocenters. The second-order valence-electron chi connectivity index (χ2n) is 4.86. The van der Waals surface area contributed by atoms with Crippen molar-refractivity contribution in [2.75, 3.05) is 0 Å². The number of carbonyl (C=O) groups is 2. The Kier molecular flexibility index (Phi) is 20.6. The summed E-state index contributed by atoms with van der Waals surface area (Å²) in [5.74, 6) is -1.81. The highest BCUT2D eigenvalue weighted by molar-refractivity contribution is 5.80. The third kappa shape index (κ3) is 27.9.